The number of nitrogens with two attached hydrogens (primary N) is 1. The summed E-state index contributed by atoms with van der Waals surface area (Å²) in [7, 11) is 1.32. The lowest BCUT2D eigenvalue weighted by atomic mass is 9.94. The van der Waals surface area contributed by atoms with E-state index in [1.165, 1.54) is 20.2 Å². The number of aliphatic hydroxyl groups excluding tert-OH is 1. The molecule has 0 unspecified atom stereocenters. The van der Waals surface area contributed by atoms with E-state index >= 15 is 0 Å². The van der Waals surface area contributed by atoms with Gasteiger partial charge >= 0.3 is 0 Å². The molecule has 0 aromatic carbocycles. The number of nitrogens with zero attached hydrogens (tertiary/aromatic N) is 3. The predicted molar refractivity (Wildman–Crippen MR) is 82.7 cm³/mol. The lowest BCUT2D eigenvalue weighted by Gasteiger charge is -2.14. The average Bonchev–Trinajstić information content (AvgIpc) is 2.51. The fourth-order valence-electron chi connectivity index (χ4n) is 2.03. The molecule has 0 saturated heterocycles. The van der Waals surface area contributed by atoms with E-state index < -0.39 is 34.6 Å². The summed E-state index contributed by atoms with van der Waals surface area (Å²) in [6, 6.07) is 0. The highest BCUT2D eigenvalue weighted by atomic mass is 16.5. The summed E-state index contributed by atoms with van der Waals surface area (Å²) in [4.78, 5) is 47.5. The van der Waals surface area contributed by atoms with Crippen molar-refractivity contribution in [1.29, 1.82) is 0 Å². The maximum atomic E-state index is 12.4. The number of aliphatic hydroxyl groups is 1. The molecule has 124 valence electrons. The zero-order valence-corrected chi connectivity index (χ0v) is 13.2. The number of primary amides is 1. The van der Waals surface area contributed by atoms with Crippen LogP contribution < -0.4 is 10.5 Å². The number of hydrogen-bond acceptors (Lipinski definition) is 7. The number of rotatable bonds is 3. The largest absolute Gasteiger partial charge is 0.507 e. The fourth-order valence-corrected chi connectivity index (χ4v) is 2.03. The first-order chi connectivity index (χ1) is 11.3. The standard InChI is InChI=1S/C15H14N4O5/c1-6-4-8(20)10(14(16)22)12(13(6)21)19-15(23)11-9(24-3)5-17-7(2)18-11/h4-5,20H,1-3H3,(H2,16,22). The molecule has 0 atom stereocenters. The molecule has 9 heteroatoms. The Hall–Kier alpha value is -3.36. The van der Waals surface area contributed by atoms with Crippen LogP contribution in [-0.4, -0.2) is 45.5 Å². The summed E-state index contributed by atoms with van der Waals surface area (Å²) in [5.74, 6) is -2.89. The normalized spacial score (nSPS) is 16.2. The Balaban J connectivity index is 2.59. The minimum atomic E-state index is -1.08. The van der Waals surface area contributed by atoms with Crippen LogP contribution in [0.15, 0.2) is 34.2 Å². The van der Waals surface area contributed by atoms with E-state index in [0.717, 1.165) is 6.08 Å². The number of amides is 2. The molecule has 0 saturated carbocycles. The van der Waals surface area contributed by atoms with Crippen molar-refractivity contribution >= 4 is 23.3 Å². The quantitative estimate of drug-likeness (QED) is 0.753. The van der Waals surface area contributed by atoms with E-state index in [1.54, 1.807) is 6.92 Å². The highest BCUT2D eigenvalue weighted by Gasteiger charge is 2.31. The number of methoxy groups -OCH3 is 1. The number of Topliss-reactive ketones (excluding diaryl/α,β-unsaturated/α-hetero) is 1. The number of ether oxygens (including phenoxy) is 1. The third-order valence-corrected chi connectivity index (χ3v) is 3.18. The van der Waals surface area contributed by atoms with E-state index in [9.17, 15) is 19.5 Å². The molecule has 1 heterocycles. The van der Waals surface area contributed by atoms with Gasteiger partial charge in [0.2, 0.25) is 5.78 Å². The second kappa shape index (κ2) is 6.41. The van der Waals surface area contributed by atoms with Gasteiger partial charge in [-0.05, 0) is 19.9 Å². The van der Waals surface area contributed by atoms with Crippen molar-refractivity contribution in [2.45, 2.75) is 13.8 Å². The summed E-state index contributed by atoms with van der Waals surface area (Å²) in [5, 5.41) is 9.83. The Morgan fingerprint density at radius 1 is 1.33 bits per heavy atom. The molecule has 2 amide bonds. The first-order valence-electron chi connectivity index (χ1n) is 6.73. The van der Waals surface area contributed by atoms with Crippen molar-refractivity contribution in [3.8, 4) is 5.75 Å². The Morgan fingerprint density at radius 3 is 2.58 bits per heavy atom. The van der Waals surface area contributed by atoms with Crippen LogP contribution in [0.1, 0.15) is 23.2 Å². The maximum absolute atomic E-state index is 12.4. The second-order valence-corrected chi connectivity index (χ2v) is 4.88. The number of carbonyl (C=O) groups excluding carboxylic acids is 3. The highest BCUT2D eigenvalue weighted by molar-refractivity contribution is 6.58. The van der Waals surface area contributed by atoms with Crippen LogP contribution in [0.5, 0.6) is 5.75 Å². The van der Waals surface area contributed by atoms with E-state index in [0.29, 0.717) is 5.82 Å². The number of carbonyl (C=O) groups is 3. The molecule has 1 aliphatic rings. The number of aliphatic imine (C=N–C) groups is 1. The van der Waals surface area contributed by atoms with E-state index in [-0.39, 0.29) is 17.0 Å². The number of ketones is 1. The fraction of sp³-hybridized carbons (Fsp3) is 0.200. The number of hydrogen-bond donors (Lipinski definition) is 2. The molecule has 3 N–H and O–H groups in total. The number of allylic oxidation sites excluding steroid dienone is 2. The molecule has 0 bridgehead atoms. The molecule has 0 aliphatic heterocycles. The predicted octanol–water partition coefficient (Wildman–Crippen LogP) is 0.201. The molecular formula is C15H14N4O5. The first-order valence-corrected chi connectivity index (χ1v) is 6.73. The third kappa shape index (κ3) is 3.05. The van der Waals surface area contributed by atoms with Crippen LogP contribution >= 0.6 is 0 Å². The van der Waals surface area contributed by atoms with Gasteiger partial charge in [-0.3, -0.25) is 14.4 Å². The zero-order valence-electron chi connectivity index (χ0n) is 13.2. The van der Waals surface area contributed by atoms with Crippen molar-refractivity contribution in [3.05, 3.63) is 40.7 Å². The van der Waals surface area contributed by atoms with Crippen molar-refractivity contribution in [2.24, 2.45) is 10.7 Å². The molecule has 1 aromatic heterocycles. The summed E-state index contributed by atoms with van der Waals surface area (Å²) in [6.07, 6.45) is 2.37. The first kappa shape index (κ1) is 17.0. The Bertz CT molecular complexity index is 851. The van der Waals surface area contributed by atoms with Gasteiger partial charge in [-0.15, -0.1) is 0 Å². The maximum Gasteiger partial charge on any atom is 0.300 e. The highest BCUT2D eigenvalue weighted by Crippen LogP contribution is 2.20. The lowest BCUT2D eigenvalue weighted by molar-refractivity contribution is -0.115. The monoisotopic (exact) mass is 330 g/mol. The van der Waals surface area contributed by atoms with E-state index in [1.807, 2.05) is 0 Å². The summed E-state index contributed by atoms with van der Waals surface area (Å²) < 4.78 is 4.99. The number of aryl methyl sites for hydroxylation is 1. The zero-order chi connectivity index (χ0) is 18.0. The van der Waals surface area contributed by atoms with Crippen LogP contribution in [0, 0.1) is 6.92 Å². The minimum absolute atomic E-state index is 0.0549. The SMILES string of the molecule is COc1cnc(C)nc1C(=O)N=C1C(=O)C(C)=CC(O)=C1C(N)=O. The molecule has 0 fully saturated rings. The number of aromatic nitrogens is 2. The van der Waals surface area contributed by atoms with Gasteiger partial charge in [-0.1, -0.05) is 0 Å². The molecule has 24 heavy (non-hydrogen) atoms. The molecule has 0 spiro atoms. The minimum Gasteiger partial charge on any atom is -0.507 e. The molecular weight excluding hydrogens is 316 g/mol. The van der Waals surface area contributed by atoms with Gasteiger partial charge in [0.25, 0.3) is 11.8 Å². The van der Waals surface area contributed by atoms with Gasteiger partial charge in [0, 0.05) is 5.57 Å². The average molecular weight is 330 g/mol. The molecule has 0 radical (unpaired) electrons. The van der Waals surface area contributed by atoms with Gasteiger partial charge in [-0.2, -0.15) is 0 Å². The smallest absolute Gasteiger partial charge is 0.300 e. The van der Waals surface area contributed by atoms with Gasteiger partial charge < -0.3 is 15.6 Å². The van der Waals surface area contributed by atoms with Crippen LogP contribution in [0.2, 0.25) is 0 Å². The third-order valence-electron chi connectivity index (χ3n) is 3.18. The molecule has 1 aromatic rings. The van der Waals surface area contributed by atoms with Crippen LogP contribution in [0.25, 0.3) is 0 Å². The van der Waals surface area contributed by atoms with Gasteiger partial charge in [0.15, 0.2) is 11.4 Å². The van der Waals surface area contributed by atoms with E-state index in [4.69, 9.17) is 10.5 Å². The topological polar surface area (TPSA) is 145 Å². The second-order valence-electron chi connectivity index (χ2n) is 4.88. The molecule has 9 nitrogen and oxygen atoms in total. The molecule has 1 aliphatic carbocycles. The Labute approximate surface area is 136 Å². The van der Waals surface area contributed by atoms with Crippen LogP contribution in [0.4, 0.5) is 0 Å². The van der Waals surface area contributed by atoms with Gasteiger partial charge in [-0.25, -0.2) is 15.0 Å². The van der Waals surface area contributed by atoms with Gasteiger partial charge in [0.05, 0.1) is 13.3 Å². The van der Waals surface area contributed by atoms with Crippen molar-refractivity contribution in [3.63, 3.8) is 0 Å². The summed E-state index contributed by atoms with van der Waals surface area (Å²) in [5.41, 5.74) is 4.03. The Morgan fingerprint density at radius 2 is 2.00 bits per heavy atom. The van der Waals surface area contributed by atoms with Crippen LogP contribution in [0.3, 0.4) is 0 Å². The van der Waals surface area contributed by atoms with Crippen molar-refractivity contribution < 1.29 is 24.2 Å². The Kier molecular flexibility index (Phi) is 4.54. The molecule has 2 rings (SSSR count). The van der Waals surface area contributed by atoms with Crippen molar-refractivity contribution in [1.82, 2.24) is 9.97 Å². The summed E-state index contributed by atoms with van der Waals surface area (Å²) in [6.45, 7) is 2.97. The van der Waals surface area contributed by atoms with Gasteiger partial charge in [0.1, 0.15) is 22.9 Å². The van der Waals surface area contributed by atoms with Crippen molar-refractivity contribution in [2.75, 3.05) is 7.11 Å². The lowest BCUT2D eigenvalue weighted by Crippen LogP contribution is -2.32. The van der Waals surface area contributed by atoms with Crippen LogP contribution in [-0.2, 0) is 9.59 Å². The summed E-state index contributed by atoms with van der Waals surface area (Å²) >= 11 is 0. The van der Waals surface area contributed by atoms with E-state index in [2.05, 4.69) is 15.0 Å².